The molecule has 34 heavy (non-hydrogen) atoms. The highest BCUT2D eigenvalue weighted by molar-refractivity contribution is 7.11. The van der Waals surface area contributed by atoms with Gasteiger partial charge in [-0.05, 0) is 31.8 Å². The number of hydrogen-bond donors (Lipinski definition) is 1. The van der Waals surface area contributed by atoms with Crippen molar-refractivity contribution in [3.05, 3.63) is 40.5 Å². The lowest BCUT2D eigenvalue weighted by molar-refractivity contribution is -0.145. The van der Waals surface area contributed by atoms with Crippen molar-refractivity contribution in [3.63, 3.8) is 0 Å². The van der Waals surface area contributed by atoms with Crippen molar-refractivity contribution in [1.29, 1.82) is 5.41 Å². The first kappa shape index (κ1) is 22.9. The summed E-state index contributed by atoms with van der Waals surface area (Å²) >= 11 is 1.33. The topological polar surface area (TPSA) is 116 Å². The molecule has 10 heteroatoms. The molecule has 0 aromatic carbocycles. The van der Waals surface area contributed by atoms with Crippen LogP contribution >= 0.6 is 11.3 Å². The minimum absolute atomic E-state index is 0.0515. The van der Waals surface area contributed by atoms with Crippen LogP contribution in [0.2, 0.25) is 0 Å². The third-order valence-electron chi connectivity index (χ3n) is 7.67. The number of carbonyl (C=O) groups is 2. The summed E-state index contributed by atoms with van der Waals surface area (Å²) in [5.74, 6) is 0.742. The third kappa shape index (κ3) is 3.77. The van der Waals surface area contributed by atoms with Crippen molar-refractivity contribution < 1.29 is 14.1 Å². The summed E-state index contributed by atoms with van der Waals surface area (Å²) < 4.78 is 5.56. The van der Waals surface area contributed by atoms with E-state index in [2.05, 4.69) is 29.0 Å². The average molecular weight is 483 g/mol. The number of nitrogens with zero attached hydrogens (tertiary/aromatic N) is 5. The second kappa shape index (κ2) is 8.11. The van der Waals surface area contributed by atoms with Gasteiger partial charge >= 0.3 is 0 Å². The number of allylic oxidation sites excluding steroid dienone is 2. The average Bonchev–Trinajstić information content (AvgIpc) is 3.30. The number of aromatic nitrogens is 3. The van der Waals surface area contributed by atoms with Crippen molar-refractivity contribution in [3.8, 4) is 0 Å². The number of carbonyl (C=O) groups excluding carboxylic acids is 2. The lowest BCUT2D eigenvalue weighted by Crippen LogP contribution is -2.62. The number of rotatable bonds is 6. The molecule has 1 N–H and O–H groups in total. The summed E-state index contributed by atoms with van der Waals surface area (Å²) in [7, 11) is 0. The third-order valence-corrected chi connectivity index (χ3v) is 8.43. The molecule has 2 aromatic heterocycles. The zero-order chi connectivity index (χ0) is 24.3. The highest BCUT2D eigenvalue weighted by Crippen LogP contribution is 2.55. The Hall–Kier alpha value is -2.88. The molecule has 1 saturated carbocycles. The Morgan fingerprint density at radius 1 is 1.29 bits per heavy atom. The van der Waals surface area contributed by atoms with Gasteiger partial charge in [-0.1, -0.05) is 25.1 Å². The molecule has 2 aromatic rings. The van der Waals surface area contributed by atoms with E-state index >= 15 is 0 Å². The molecule has 1 spiro atoms. The maximum absolute atomic E-state index is 13.1. The molecular formula is C24H30N6O3S. The summed E-state index contributed by atoms with van der Waals surface area (Å²) in [5, 5.41) is 12.5. The molecule has 2 saturated heterocycles. The van der Waals surface area contributed by atoms with Crippen molar-refractivity contribution in [2.45, 2.75) is 46.0 Å². The number of thiazole rings is 1. The summed E-state index contributed by atoms with van der Waals surface area (Å²) in [5.41, 5.74) is 1.84. The molecule has 2 aliphatic heterocycles. The van der Waals surface area contributed by atoms with Gasteiger partial charge in [0.2, 0.25) is 11.8 Å². The van der Waals surface area contributed by atoms with Crippen molar-refractivity contribution >= 4 is 28.9 Å². The maximum Gasteiger partial charge on any atom is 0.265 e. The Balaban J connectivity index is 1.38. The van der Waals surface area contributed by atoms with Crippen molar-refractivity contribution in [2.75, 3.05) is 26.2 Å². The van der Waals surface area contributed by atoms with Crippen LogP contribution in [0.5, 0.6) is 0 Å². The van der Waals surface area contributed by atoms with E-state index in [1.54, 1.807) is 17.8 Å². The summed E-state index contributed by atoms with van der Waals surface area (Å²) in [6.07, 6.45) is 6.06. The molecule has 3 atom stereocenters. The Morgan fingerprint density at radius 2 is 2.00 bits per heavy atom. The molecule has 5 rings (SSSR count). The fourth-order valence-electron chi connectivity index (χ4n) is 5.28. The number of hydrogen-bond acceptors (Lipinski definition) is 8. The molecule has 0 bridgehead atoms. The van der Waals surface area contributed by atoms with Crippen LogP contribution in [0.25, 0.3) is 0 Å². The maximum atomic E-state index is 13.1. The van der Waals surface area contributed by atoms with Gasteiger partial charge in [-0.15, -0.1) is 11.3 Å². The molecule has 3 aliphatic rings. The van der Waals surface area contributed by atoms with E-state index in [-0.39, 0.29) is 40.4 Å². The lowest BCUT2D eigenvalue weighted by atomic mass is 9.71. The van der Waals surface area contributed by atoms with Gasteiger partial charge in [0.15, 0.2) is 5.82 Å². The van der Waals surface area contributed by atoms with Gasteiger partial charge in [0.25, 0.3) is 5.91 Å². The van der Waals surface area contributed by atoms with E-state index in [0.29, 0.717) is 48.5 Å². The number of amides is 2. The molecule has 2 amide bonds. The van der Waals surface area contributed by atoms with E-state index in [1.807, 2.05) is 29.7 Å². The summed E-state index contributed by atoms with van der Waals surface area (Å²) in [6.45, 7) is 10.2. The minimum atomic E-state index is -0.318. The Bertz CT molecular complexity index is 1150. The quantitative estimate of drug-likeness (QED) is 0.631. The van der Waals surface area contributed by atoms with Gasteiger partial charge < -0.3 is 19.7 Å². The number of nitrogens with one attached hydrogen (secondary N) is 1. The van der Waals surface area contributed by atoms with E-state index < -0.39 is 0 Å². The Morgan fingerprint density at radius 3 is 2.62 bits per heavy atom. The first-order valence-electron chi connectivity index (χ1n) is 11.7. The van der Waals surface area contributed by atoms with Crippen LogP contribution in [0, 0.1) is 22.2 Å². The van der Waals surface area contributed by atoms with E-state index in [1.165, 1.54) is 11.3 Å². The van der Waals surface area contributed by atoms with Crippen LogP contribution in [-0.4, -0.2) is 68.6 Å². The Labute approximate surface area is 202 Å². The van der Waals surface area contributed by atoms with Crippen molar-refractivity contribution in [1.82, 2.24) is 24.9 Å². The molecule has 3 fully saturated rings. The second-order valence-corrected chi connectivity index (χ2v) is 11.5. The van der Waals surface area contributed by atoms with Crippen LogP contribution in [0.3, 0.4) is 0 Å². The highest BCUT2D eigenvalue weighted by atomic mass is 32.1. The summed E-state index contributed by atoms with van der Waals surface area (Å²) in [4.78, 5) is 39.2. The molecule has 0 radical (unpaired) electrons. The SMILES string of the molecule is C/C=C\C(=N)C(C)c1nc(C2CN(C(=O)c3cncs3)CC23CN(C(=O)[C@H]2CC2(C)C)C3)no1. The normalized spacial score (nSPS) is 25.5. The first-order valence-corrected chi connectivity index (χ1v) is 12.5. The largest absolute Gasteiger partial charge is 0.341 e. The van der Waals surface area contributed by atoms with Gasteiger partial charge in [0, 0.05) is 43.2 Å². The van der Waals surface area contributed by atoms with E-state index in [9.17, 15) is 9.59 Å². The highest BCUT2D eigenvalue weighted by Gasteiger charge is 2.61. The van der Waals surface area contributed by atoms with Gasteiger partial charge in [-0.2, -0.15) is 4.98 Å². The van der Waals surface area contributed by atoms with Gasteiger partial charge in [-0.3, -0.25) is 14.6 Å². The van der Waals surface area contributed by atoms with Gasteiger partial charge in [0.1, 0.15) is 4.88 Å². The predicted molar refractivity (Wildman–Crippen MR) is 127 cm³/mol. The van der Waals surface area contributed by atoms with Gasteiger partial charge in [0.05, 0.1) is 23.5 Å². The number of likely N-dealkylation sites (tertiary alicyclic amines) is 2. The first-order chi connectivity index (χ1) is 16.1. The molecular weight excluding hydrogens is 452 g/mol. The molecule has 2 unspecified atom stereocenters. The molecule has 9 nitrogen and oxygen atoms in total. The predicted octanol–water partition coefficient (Wildman–Crippen LogP) is 3.34. The lowest BCUT2D eigenvalue weighted by Gasteiger charge is -2.50. The van der Waals surface area contributed by atoms with Gasteiger partial charge in [-0.25, -0.2) is 0 Å². The monoisotopic (exact) mass is 482 g/mol. The van der Waals surface area contributed by atoms with Crippen LogP contribution in [-0.2, 0) is 4.79 Å². The molecule has 4 heterocycles. The Kier molecular flexibility index (Phi) is 5.46. The van der Waals surface area contributed by atoms with Crippen molar-refractivity contribution in [2.24, 2.45) is 16.7 Å². The van der Waals surface area contributed by atoms with Crippen LogP contribution in [0.4, 0.5) is 0 Å². The second-order valence-electron chi connectivity index (χ2n) is 10.6. The van der Waals surface area contributed by atoms with Crippen LogP contribution < -0.4 is 0 Å². The van der Waals surface area contributed by atoms with E-state index in [0.717, 1.165) is 6.42 Å². The molecule has 1 aliphatic carbocycles. The standard InChI is InChI=1S/C24H30N6O3S/c1-5-6-17(25)14(2)20-27-19(28-33-20)16-9-29(22(32)18-8-26-13-34-18)10-24(16)11-30(12-24)21(31)15-7-23(15,3)4/h5-6,8,13-16,25H,7,9-12H2,1-4H3/b6-5-,25-17?/t14?,15-,16?/m1/s1. The fraction of sp³-hybridized carbons (Fsp3) is 0.583. The fourth-order valence-corrected chi connectivity index (χ4v) is 5.86. The smallest absolute Gasteiger partial charge is 0.265 e. The molecule has 180 valence electrons. The zero-order valence-corrected chi connectivity index (χ0v) is 20.8. The van der Waals surface area contributed by atoms with Crippen LogP contribution in [0.15, 0.2) is 28.4 Å². The zero-order valence-electron chi connectivity index (χ0n) is 19.9. The summed E-state index contributed by atoms with van der Waals surface area (Å²) in [6, 6.07) is 0. The minimum Gasteiger partial charge on any atom is -0.341 e. The van der Waals surface area contributed by atoms with E-state index in [4.69, 9.17) is 9.93 Å². The van der Waals surface area contributed by atoms with Crippen LogP contribution in [0.1, 0.15) is 67.3 Å².